The Bertz CT molecular complexity index is 2040. The van der Waals surface area contributed by atoms with Crippen molar-refractivity contribution in [1.29, 1.82) is 0 Å². The fraction of sp³-hybridized carbons (Fsp3) is 0.222. The molecule has 4 heterocycles. The number of hydrogen-bond acceptors (Lipinski definition) is 7. The summed E-state index contributed by atoms with van der Waals surface area (Å²) in [5.74, 6) is -0.745. The lowest BCUT2D eigenvalue weighted by Crippen LogP contribution is -2.24. The number of aromatic nitrogens is 6. The molecule has 1 fully saturated rings. The molecule has 1 aliphatic carbocycles. The molecule has 1 aliphatic rings. The zero-order valence-corrected chi connectivity index (χ0v) is 22.3. The van der Waals surface area contributed by atoms with Gasteiger partial charge in [-0.3, -0.25) is 14.0 Å². The summed E-state index contributed by atoms with van der Waals surface area (Å²) in [4.78, 5) is 26.5. The van der Waals surface area contributed by atoms with Crippen LogP contribution in [0.2, 0.25) is 5.02 Å². The molecule has 4 aromatic heterocycles. The smallest absolute Gasteiger partial charge is 0.451 e. The summed E-state index contributed by atoms with van der Waals surface area (Å²) in [6.07, 6.45) is 1.17. The van der Waals surface area contributed by atoms with E-state index < -0.39 is 17.6 Å². The van der Waals surface area contributed by atoms with Crippen LogP contribution in [0.15, 0.2) is 47.7 Å². The molecule has 202 valence electrons. The van der Waals surface area contributed by atoms with Crippen LogP contribution >= 0.6 is 22.9 Å². The van der Waals surface area contributed by atoms with Gasteiger partial charge < -0.3 is 5.11 Å². The van der Waals surface area contributed by atoms with Crippen molar-refractivity contribution >= 4 is 54.1 Å². The molecular weight excluding hydrogens is 565 g/mol. The van der Waals surface area contributed by atoms with Gasteiger partial charge in [0.25, 0.3) is 5.56 Å². The Morgan fingerprint density at radius 2 is 1.90 bits per heavy atom. The predicted octanol–water partition coefficient (Wildman–Crippen LogP) is 6.26. The van der Waals surface area contributed by atoms with Crippen molar-refractivity contribution in [2.75, 3.05) is 0 Å². The van der Waals surface area contributed by atoms with E-state index in [1.165, 1.54) is 10.6 Å². The van der Waals surface area contributed by atoms with Gasteiger partial charge in [-0.25, -0.2) is 15.0 Å². The van der Waals surface area contributed by atoms with Crippen molar-refractivity contribution in [1.82, 2.24) is 29.3 Å². The van der Waals surface area contributed by atoms with Crippen LogP contribution in [0, 0.1) is 0 Å². The number of alkyl halides is 3. The van der Waals surface area contributed by atoms with Crippen LogP contribution in [0.3, 0.4) is 0 Å². The molecule has 2 aromatic carbocycles. The molecule has 0 amide bonds. The Kier molecular flexibility index (Phi) is 5.45. The molecule has 0 bridgehead atoms. The number of fused-ring (bicyclic) bond motifs is 4. The van der Waals surface area contributed by atoms with Crippen molar-refractivity contribution < 1.29 is 18.3 Å². The van der Waals surface area contributed by atoms with Crippen LogP contribution in [-0.2, 0) is 19.8 Å². The highest BCUT2D eigenvalue weighted by atomic mass is 35.5. The molecule has 6 aromatic rings. The second-order valence-electron chi connectivity index (χ2n) is 9.84. The van der Waals surface area contributed by atoms with E-state index in [1.54, 1.807) is 16.9 Å². The monoisotopic (exact) mass is 582 g/mol. The third-order valence-corrected chi connectivity index (χ3v) is 8.57. The van der Waals surface area contributed by atoms with E-state index in [1.807, 2.05) is 13.1 Å². The Balaban J connectivity index is 1.51. The van der Waals surface area contributed by atoms with Gasteiger partial charge in [-0.2, -0.15) is 18.3 Å². The van der Waals surface area contributed by atoms with Gasteiger partial charge in [-0.1, -0.05) is 17.7 Å². The van der Waals surface area contributed by atoms with Crippen LogP contribution in [-0.4, -0.2) is 34.4 Å². The lowest BCUT2D eigenvalue weighted by atomic mass is 9.99. The quantitative estimate of drug-likeness (QED) is 0.263. The number of halogens is 4. The van der Waals surface area contributed by atoms with Crippen molar-refractivity contribution in [3.05, 3.63) is 75.2 Å². The van der Waals surface area contributed by atoms with Gasteiger partial charge in [0.2, 0.25) is 5.82 Å². The van der Waals surface area contributed by atoms with Crippen LogP contribution in [0.5, 0.6) is 5.75 Å². The van der Waals surface area contributed by atoms with Gasteiger partial charge in [0.05, 0.1) is 33.4 Å². The number of thiophene rings is 1. The minimum absolute atomic E-state index is 0.110. The highest BCUT2D eigenvalue weighted by Crippen LogP contribution is 2.46. The summed E-state index contributed by atoms with van der Waals surface area (Å²) in [7, 11) is 1.86. The largest absolute Gasteiger partial charge is 0.505 e. The summed E-state index contributed by atoms with van der Waals surface area (Å²) in [5, 5.41) is 16.8. The first-order valence-electron chi connectivity index (χ1n) is 12.3. The maximum atomic E-state index is 14.2. The average Bonchev–Trinajstić information content (AvgIpc) is 3.61. The molecule has 8 nitrogen and oxygen atoms in total. The lowest BCUT2D eigenvalue weighted by Gasteiger charge is -2.16. The molecule has 0 aliphatic heterocycles. The summed E-state index contributed by atoms with van der Waals surface area (Å²) in [5.41, 5.74) is 2.61. The first kappa shape index (κ1) is 25.0. The molecule has 13 heteroatoms. The number of phenols is 1. The average molecular weight is 583 g/mol. The summed E-state index contributed by atoms with van der Waals surface area (Å²) in [6, 6.07) is 7.18. The Labute approximate surface area is 232 Å². The number of hydrogen-bond donors (Lipinski definition) is 1. The third-order valence-electron chi connectivity index (χ3n) is 7.16. The van der Waals surface area contributed by atoms with Crippen molar-refractivity contribution in [3.8, 4) is 17.1 Å². The summed E-state index contributed by atoms with van der Waals surface area (Å²) < 4.78 is 42.9. The second-order valence-corrected chi connectivity index (χ2v) is 11.2. The maximum Gasteiger partial charge on any atom is 0.451 e. The number of phenolic OH excluding ortho intramolecular Hbond substituents is 1. The van der Waals surface area contributed by atoms with Gasteiger partial charge in [0, 0.05) is 41.3 Å². The van der Waals surface area contributed by atoms with E-state index in [0.29, 0.717) is 31.7 Å². The summed E-state index contributed by atoms with van der Waals surface area (Å²) >= 11 is 7.29. The molecule has 0 unspecified atom stereocenters. The Morgan fingerprint density at radius 3 is 2.60 bits per heavy atom. The molecular formula is C27H18ClF3N6O2S. The zero-order chi connectivity index (χ0) is 27.9. The van der Waals surface area contributed by atoms with Crippen molar-refractivity contribution in [3.63, 3.8) is 0 Å². The number of aryl methyl sites for hydroxylation is 1. The predicted molar refractivity (Wildman–Crippen MR) is 146 cm³/mol. The molecule has 0 atom stereocenters. The maximum absolute atomic E-state index is 14.2. The molecule has 1 saturated carbocycles. The Morgan fingerprint density at radius 1 is 1.15 bits per heavy atom. The van der Waals surface area contributed by atoms with Crippen molar-refractivity contribution in [2.24, 2.45) is 7.05 Å². The molecule has 0 radical (unpaired) electrons. The van der Waals surface area contributed by atoms with E-state index in [2.05, 4.69) is 21.1 Å². The Hall–Kier alpha value is -4.03. The standard InChI is InChI=1S/C27H18ClF3N6O2S/c1-36-19-7-16(13-2-3-13)17(6-14(19)10-34-36)23-35-24-20(15-4-5-18(28)21(38)22(15)40-24)25(39)37(23)11-12-8-32-26(33-9-12)27(29,30)31/h4-10,13,38H,2-3,11H2,1H3. The molecule has 1 N–H and O–H groups in total. The van der Waals surface area contributed by atoms with Crippen molar-refractivity contribution in [2.45, 2.75) is 31.5 Å². The minimum atomic E-state index is -4.68. The minimum Gasteiger partial charge on any atom is -0.505 e. The first-order chi connectivity index (χ1) is 19.1. The van der Waals surface area contributed by atoms with Gasteiger partial charge in [-0.15, -0.1) is 11.3 Å². The third kappa shape index (κ3) is 3.93. The number of benzene rings is 2. The summed E-state index contributed by atoms with van der Waals surface area (Å²) in [6.45, 7) is -0.110. The van der Waals surface area contributed by atoms with E-state index >= 15 is 0 Å². The van der Waals surface area contributed by atoms with Crippen LogP contribution < -0.4 is 5.56 Å². The van der Waals surface area contributed by atoms with Gasteiger partial charge >= 0.3 is 6.18 Å². The van der Waals surface area contributed by atoms with Gasteiger partial charge in [0.15, 0.2) is 5.75 Å². The van der Waals surface area contributed by atoms with Gasteiger partial charge in [-0.05, 0) is 42.5 Å². The van der Waals surface area contributed by atoms with E-state index in [0.717, 1.165) is 58.6 Å². The van der Waals surface area contributed by atoms with E-state index in [4.69, 9.17) is 16.6 Å². The fourth-order valence-electron chi connectivity index (χ4n) is 5.04. The normalized spacial score (nSPS) is 14.1. The molecule has 0 spiro atoms. The SMILES string of the molecule is Cn1ncc2cc(-c3nc4sc5c(O)c(Cl)ccc5c4c(=O)n3Cc3cnc(C(F)(F)F)nc3)c(C3CC3)cc21. The first-order valence-corrected chi connectivity index (χ1v) is 13.5. The fourth-order valence-corrected chi connectivity index (χ4v) is 6.37. The number of nitrogens with zero attached hydrogens (tertiary/aromatic N) is 6. The molecule has 40 heavy (non-hydrogen) atoms. The van der Waals surface area contributed by atoms with E-state index in [9.17, 15) is 23.1 Å². The van der Waals surface area contributed by atoms with E-state index in [-0.39, 0.29) is 23.2 Å². The number of aromatic hydroxyl groups is 1. The topological polar surface area (TPSA) is 98.7 Å². The second kappa shape index (κ2) is 8.73. The van der Waals surface area contributed by atoms with Gasteiger partial charge in [0.1, 0.15) is 10.7 Å². The van der Waals surface area contributed by atoms with Crippen LogP contribution in [0.4, 0.5) is 13.2 Å². The molecule has 7 rings (SSSR count). The highest BCUT2D eigenvalue weighted by molar-refractivity contribution is 7.25. The van der Waals surface area contributed by atoms with Crippen LogP contribution in [0.25, 0.3) is 42.6 Å². The lowest BCUT2D eigenvalue weighted by molar-refractivity contribution is -0.145. The molecule has 0 saturated heterocycles. The zero-order valence-electron chi connectivity index (χ0n) is 20.7. The highest BCUT2D eigenvalue weighted by Gasteiger charge is 2.34. The number of rotatable bonds is 4. The van der Waals surface area contributed by atoms with Crippen LogP contribution in [0.1, 0.15) is 35.7 Å².